The first-order valence-corrected chi connectivity index (χ1v) is 10.9. The lowest BCUT2D eigenvalue weighted by Crippen LogP contribution is -2.30. The van der Waals surface area contributed by atoms with Crippen molar-refractivity contribution >= 4 is 21.6 Å². The van der Waals surface area contributed by atoms with E-state index in [0.29, 0.717) is 30.3 Å². The molecule has 0 aliphatic rings. The van der Waals surface area contributed by atoms with E-state index in [2.05, 4.69) is 23.9 Å². The van der Waals surface area contributed by atoms with Crippen LogP contribution in [0.4, 0.5) is 5.69 Å². The molecular weight excluding hydrogens is 376 g/mol. The summed E-state index contributed by atoms with van der Waals surface area (Å²) in [6.07, 6.45) is 0.0189. The fraction of sp³-hybridized carbons (Fsp3) is 0.381. The molecule has 0 heterocycles. The first-order chi connectivity index (χ1) is 13.2. The van der Waals surface area contributed by atoms with Gasteiger partial charge < -0.3 is 10.1 Å². The number of carbonyl (C=O) groups is 1. The standard InChI is InChI=1S/C21H28N2O4S/c1-5-14-22-28(25,26)20-12-8-18(9-13-20)23-21(24)16(4)27-19-10-6-17(7-11-19)15(2)3/h6-13,15-16,22H,5,14H2,1-4H3,(H,23,24). The summed E-state index contributed by atoms with van der Waals surface area (Å²) in [5.74, 6) is 0.738. The van der Waals surface area contributed by atoms with Crippen molar-refractivity contribution in [3.63, 3.8) is 0 Å². The molecule has 0 spiro atoms. The maximum Gasteiger partial charge on any atom is 0.265 e. The first-order valence-electron chi connectivity index (χ1n) is 9.40. The van der Waals surface area contributed by atoms with Crippen molar-refractivity contribution in [2.75, 3.05) is 11.9 Å². The summed E-state index contributed by atoms with van der Waals surface area (Å²) < 4.78 is 32.4. The molecule has 1 amide bonds. The number of hydrogen-bond acceptors (Lipinski definition) is 4. The average molecular weight is 405 g/mol. The Hall–Kier alpha value is -2.38. The first kappa shape index (κ1) is 21.9. The SMILES string of the molecule is CCCNS(=O)(=O)c1ccc(NC(=O)C(C)Oc2ccc(C(C)C)cc2)cc1. The number of hydrogen-bond donors (Lipinski definition) is 2. The fourth-order valence-corrected chi connectivity index (χ4v) is 3.60. The molecule has 2 N–H and O–H groups in total. The van der Waals surface area contributed by atoms with Crippen LogP contribution in [0.15, 0.2) is 53.4 Å². The van der Waals surface area contributed by atoms with Gasteiger partial charge >= 0.3 is 0 Å². The zero-order valence-electron chi connectivity index (χ0n) is 16.7. The van der Waals surface area contributed by atoms with E-state index in [4.69, 9.17) is 4.74 Å². The number of nitrogens with one attached hydrogen (secondary N) is 2. The maximum absolute atomic E-state index is 12.3. The van der Waals surface area contributed by atoms with E-state index in [1.165, 1.54) is 17.7 Å². The van der Waals surface area contributed by atoms with Gasteiger partial charge in [0.15, 0.2) is 6.10 Å². The predicted molar refractivity (Wildman–Crippen MR) is 111 cm³/mol. The second kappa shape index (κ2) is 9.71. The Labute approximate surface area is 167 Å². The molecule has 0 fully saturated rings. The second-order valence-corrected chi connectivity index (χ2v) is 8.66. The van der Waals surface area contributed by atoms with Crippen LogP contribution in [-0.2, 0) is 14.8 Å². The van der Waals surface area contributed by atoms with Gasteiger partial charge in [0.25, 0.3) is 5.91 Å². The van der Waals surface area contributed by atoms with E-state index < -0.39 is 16.1 Å². The summed E-state index contributed by atoms with van der Waals surface area (Å²) in [7, 11) is -3.52. The molecule has 6 nitrogen and oxygen atoms in total. The number of benzene rings is 2. The number of rotatable bonds is 9. The van der Waals surface area contributed by atoms with Crippen molar-refractivity contribution in [2.24, 2.45) is 0 Å². The molecular formula is C21H28N2O4S. The van der Waals surface area contributed by atoms with Gasteiger partial charge in [0.05, 0.1) is 4.90 Å². The summed E-state index contributed by atoms with van der Waals surface area (Å²) in [6, 6.07) is 13.7. The molecule has 28 heavy (non-hydrogen) atoms. The number of sulfonamides is 1. The monoisotopic (exact) mass is 404 g/mol. The predicted octanol–water partition coefficient (Wildman–Crippen LogP) is 3.90. The molecule has 2 aromatic carbocycles. The minimum absolute atomic E-state index is 0.161. The molecule has 0 aliphatic carbocycles. The van der Waals surface area contributed by atoms with E-state index in [1.807, 2.05) is 31.2 Å². The van der Waals surface area contributed by atoms with Crippen LogP contribution in [-0.4, -0.2) is 27.0 Å². The normalized spacial score (nSPS) is 12.6. The minimum atomic E-state index is -3.52. The van der Waals surface area contributed by atoms with Crippen LogP contribution >= 0.6 is 0 Å². The molecule has 152 valence electrons. The maximum atomic E-state index is 12.3. The van der Waals surface area contributed by atoms with Crippen molar-refractivity contribution in [3.8, 4) is 5.75 Å². The number of carbonyl (C=O) groups excluding carboxylic acids is 1. The molecule has 7 heteroatoms. The van der Waals surface area contributed by atoms with Crippen LogP contribution in [0.2, 0.25) is 0 Å². The van der Waals surface area contributed by atoms with Gasteiger partial charge in [-0.1, -0.05) is 32.9 Å². The van der Waals surface area contributed by atoms with Gasteiger partial charge in [-0.3, -0.25) is 4.79 Å². The molecule has 1 atom stereocenters. The highest BCUT2D eigenvalue weighted by atomic mass is 32.2. The highest BCUT2D eigenvalue weighted by Gasteiger charge is 2.16. The van der Waals surface area contributed by atoms with E-state index in [0.717, 1.165) is 0 Å². The minimum Gasteiger partial charge on any atom is -0.481 e. The molecule has 0 aliphatic heterocycles. The quantitative estimate of drug-likeness (QED) is 0.664. The topological polar surface area (TPSA) is 84.5 Å². The summed E-state index contributed by atoms with van der Waals surface area (Å²) in [5.41, 5.74) is 1.71. The molecule has 2 aromatic rings. The van der Waals surface area contributed by atoms with Crippen molar-refractivity contribution < 1.29 is 17.9 Å². The molecule has 0 radical (unpaired) electrons. The summed E-state index contributed by atoms with van der Waals surface area (Å²) in [5, 5.41) is 2.73. The van der Waals surface area contributed by atoms with Crippen LogP contribution in [0.3, 0.4) is 0 Å². The van der Waals surface area contributed by atoms with Gasteiger partial charge in [0.2, 0.25) is 10.0 Å². The van der Waals surface area contributed by atoms with Crippen molar-refractivity contribution in [2.45, 2.75) is 51.0 Å². The van der Waals surface area contributed by atoms with Gasteiger partial charge in [-0.05, 0) is 61.2 Å². The third kappa shape index (κ3) is 6.07. The van der Waals surface area contributed by atoms with Crippen LogP contribution in [0, 0.1) is 0 Å². The van der Waals surface area contributed by atoms with Gasteiger partial charge in [0, 0.05) is 12.2 Å². The van der Waals surface area contributed by atoms with Gasteiger partial charge in [0.1, 0.15) is 5.75 Å². The highest BCUT2D eigenvalue weighted by Crippen LogP contribution is 2.20. The summed E-state index contributed by atoms with van der Waals surface area (Å²) >= 11 is 0. The zero-order valence-corrected chi connectivity index (χ0v) is 17.5. The molecule has 0 saturated carbocycles. The largest absolute Gasteiger partial charge is 0.481 e. The Bertz CT molecular complexity index is 876. The van der Waals surface area contributed by atoms with Crippen LogP contribution in [0.5, 0.6) is 5.75 Å². The van der Waals surface area contributed by atoms with Crippen molar-refractivity contribution in [3.05, 3.63) is 54.1 Å². The fourth-order valence-electron chi connectivity index (χ4n) is 2.47. The van der Waals surface area contributed by atoms with E-state index in [-0.39, 0.29) is 10.8 Å². The van der Waals surface area contributed by atoms with E-state index in [9.17, 15) is 13.2 Å². The number of ether oxygens (including phenoxy) is 1. The van der Waals surface area contributed by atoms with Crippen LogP contribution < -0.4 is 14.8 Å². The summed E-state index contributed by atoms with van der Waals surface area (Å²) in [6.45, 7) is 8.17. The Morgan fingerprint density at radius 3 is 2.14 bits per heavy atom. The second-order valence-electron chi connectivity index (χ2n) is 6.90. The smallest absolute Gasteiger partial charge is 0.265 e. The average Bonchev–Trinajstić information content (AvgIpc) is 2.67. The van der Waals surface area contributed by atoms with Crippen LogP contribution in [0.1, 0.15) is 45.6 Å². The number of anilines is 1. The van der Waals surface area contributed by atoms with Gasteiger partial charge in [-0.15, -0.1) is 0 Å². The Balaban J connectivity index is 1.96. The van der Waals surface area contributed by atoms with Gasteiger partial charge in [-0.2, -0.15) is 0 Å². The van der Waals surface area contributed by atoms with Gasteiger partial charge in [-0.25, -0.2) is 13.1 Å². The Morgan fingerprint density at radius 1 is 1.00 bits per heavy atom. The lowest BCUT2D eigenvalue weighted by Gasteiger charge is -2.15. The lowest BCUT2D eigenvalue weighted by atomic mass is 10.0. The van der Waals surface area contributed by atoms with Crippen molar-refractivity contribution in [1.29, 1.82) is 0 Å². The third-order valence-corrected chi connectivity index (χ3v) is 5.68. The van der Waals surface area contributed by atoms with Crippen LogP contribution in [0.25, 0.3) is 0 Å². The molecule has 0 aromatic heterocycles. The van der Waals surface area contributed by atoms with E-state index >= 15 is 0 Å². The lowest BCUT2D eigenvalue weighted by molar-refractivity contribution is -0.122. The summed E-state index contributed by atoms with van der Waals surface area (Å²) in [4.78, 5) is 12.5. The zero-order chi connectivity index (χ0) is 20.7. The molecule has 1 unspecified atom stereocenters. The molecule has 2 rings (SSSR count). The Kier molecular flexibility index (Phi) is 7.60. The van der Waals surface area contributed by atoms with E-state index in [1.54, 1.807) is 19.1 Å². The Morgan fingerprint density at radius 2 is 1.61 bits per heavy atom. The number of amides is 1. The third-order valence-electron chi connectivity index (χ3n) is 4.20. The molecule has 0 saturated heterocycles. The van der Waals surface area contributed by atoms with Crippen molar-refractivity contribution in [1.82, 2.24) is 4.72 Å². The molecule has 0 bridgehead atoms. The highest BCUT2D eigenvalue weighted by molar-refractivity contribution is 7.89.